The van der Waals surface area contributed by atoms with Crippen molar-refractivity contribution in [3.05, 3.63) is 0 Å². The molecule has 0 aromatic rings. The van der Waals surface area contributed by atoms with Gasteiger partial charge in [0.05, 0.1) is 10.4 Å². The highest BCUT2D eigenvalue weighted by molar-refractivity contribution is 6.35. The molecule has 0 bridgehead atoms. The van der Waals surface area contributed by atoms with Crippen molar-refractivity contribution in [1.29, 1.82) is 0 Å². The van der Waals surface area contributed by atoms with Crippen LogP contribution in [0.15, 0.2) is 4.99 Å². The van der Waals surface area contributed by atoms with E-state index in [9.17, 15) is 0 Å². The second kappa shape index (κ2) is 4.45. The molecule has 0 unspecified atom stereocenters. The molecule has 0 N–H and O–H groups in total. The van der Waals surface area contributed by atoms with Gasteiger partial charge >= 0.3 is 0 Å². The summed E-state index contributed by atoms with van der Waals surface area (Å²) in [7, 11) is 0. The van der Waals surface area contributed by atoms with Crippen LogP contribution >= 0.6 is 11.6 Å². The molecular formula is C11H22ClN. The molecule has 1 nitrogen and oxygen atoms in total. The molecule has 0 aliphatic rings. The van der Waals surface area contributed by atoms with Crippen molar-refractivity contribution in [2.24, 2.45) is 4.99 Å². The number of hydrogen-bond donors (Lipinski definition) is 0. The molecular weight excluding hydrogens is 182 g/mol. The molecule has 2 heteroatoms. The fourth-order valence-corrected chi connectivity index (χ4v) is 1.41. The maximum absolute atomic E-state index is 6.43. The van der Waals surface area contributed by atoms with Gasteiger partial charge in [0.25, 0.3) is 0 Å². The second-order valence-corrected chi connectivity index (χ2v) is 5.26. The van der Waals surface area contributed by atoms with Gasteiger partial charge in [0.15, 0.2) is 0 Å². The van der Waals surface area contributed by atoms with Gasteiger partial charge < -0.3 is 0 Å². The summed E-state index contributed by atoms with van der Waals surface area (Å²) in [5, 5.41) is 0. The highest BCUT2D eigenvalue weighted by atomic mass is 35.5. The lowest BCUT2D eigenvalue weighted by Gasteiger charge is -2.26. The summed E-state index contributed by atoms with van der Waals surface area (Å²) in [6, 6.07) is 0. The zero-order chi connectivity index (χ0) is 10.7. The number of aliphatic imine (C=N–C) groups is 1. The molecule has 0 aromatic heterocycles. The second-order valence-electron chi connectivity index (χ2n) is 4.54. The van der Waals surface area contributed by atoms with E-state index in [0.29, 0.717) is 0 Å². The van der Waals surface area contributed by atoms with Gasteiger partial charge in [-0.2, -0.15) is 0 Å². The fraction of sp³-hybridized carbons (Fsp3) is 0.909. The predicted octanol–water partition coefficient (Wildman–Crippen LogP) is 4.04. The average molecular weight is 204 g/mol. The van der Waals surface area contributed by atoms with Crippen LogP contribution in [0.4, 0.5) is 0 Å². The molecule has 0 saturated carbocycles. The van der Waals surface area contributed by atoms with Crippen LogP contribution in [-0.4, -0.2) is 16.1 Å². The van der Waals surface area contributed by atoms with Crippen molar-refractivity contribution in [3.63, 3.8) is 0 Å². The fourth-order valence-electron chi connectivity index (χ4n) is 1.36. The van der Waals surface area contributed by atoms with E-state index in [2.05, 4.69) is 39.6 Å². The summed E-state index contributed by atoms with van der Waals surface area (Å²) in [4.78, 5) is 4.38. The monoisotopic (exact) mass is 203 g/mol. The van der Waals surface area contributed by atoms with Gasteiger partial charge in [0.2, 0.25) is 0 Å². The van der Waals surface area contributed by atoms with E-state index in [-0.39, 0.29) is 10.4 Å². The third-order valence-corrected chi connectivity index (χ3v) is 3.08. The van der Waals surface area contributed by atoms with Crippen LogP contribution in [0.25, 0.3) is 0 Å². The first kappa shape index (κ1) is 13.0. The van der Waals surface area contributed by atoms with Crippen LogP contribution in [0.1, 0.15) is 54.4 Å². The van der Waals surface area contributed by atoms with Gasteiger partial charge in [-0.3, -0.25) is 4.99 Å². The van der Waals surface area contributed by atoms with E-state index < -0.39 is 0 Å². The Morgan fingerprint density at radius 3 is 1.77 bits per heavy atom. The van der Waals surface area contributed by atoms with Crippen LogP contribution < -0.4 is 0 Å². The minimum atomic E-state index is -0.229. The number of hydrogen-bond acceptors (Lipinski definition) is 1. The molecule has 0 saturated heterocycles. The SMILES string of the molecule is CCC(Cl)(CC)C(C)=NC(C)(C)C. The van der Waals surface area contributed by atoms with Gasteiger partial charge in [-0.05, 0) is 40.5 Å². The van der Waals surface area contributed by atoms with Gasteiger partial charge in [-0.15, -0.1) is 11.6 Å². The summed E-state index contributed by atoms with van der Waals surface area (Å²) >= 11 is 6.43. The first-order valence-corrected chi connectivity index (χ1v) is 5.39. The van der Waals surface area contributed by atoms with Crippen molar-refractivity contribution >= 4 is 17.3 Å². The highest BCUT2D eigenvalue weighted by Gasteiger charge is 2.27. The molecule has 0 aliphatic carbocycles. The molecule has 0 spiro atoms. The zero-order valence-electron chi connectivity index (χ0n) is 9.74. The first-order valence-electron chi connectivity index (χ1n) is 5.01. The standard InChI is InChI=1S/C11H22ClN/c1-7-11(12,8-2)9(3)13-10(4,5)6/h7-8H2,1-6H3. The van der Waals surface area contributed by atoms with Gasteiger partial charge in [-0.25, -0.2) is 0 Å². The molecule has 0 aliphatic heterocycles. The van der Waals surface area contributed by atoms with Crippen LogP contribution in [0, 0.1) is 0 Å². The average Bonchev–Trinajstić information content (AvgIpc) is 2.00. The Hall–Kier alpha value is -0.0400. The number of alkyl halides is 1. The van der Waals surface area contributed by atoms with Crippen LogP contribution in [0.2, 0.25) is 0 Å². The van der Waals surface area contributed by atoms with Crippen molar-refractivity contribution < 1.29 is 0 Å². The van der Waals surface area contributed by atoms with Crippen molar-refractivity contribution in [2.45, 2.75) is 64.8 Å². The molecule has 0 fully saturated rings. The Morgan fingerprint density at radius 1 is 1.15 bits per heavy atom. The van der Waals surface area contributed by atoms with E-state index in [0.717, 1.165) is 18.6 Å². The summed E-state index contributed by atoms with van der Waals surface area (Å²) in [5.74, 6) is 0. The van der Waals surface area contributed by atoms with Crippen LogP contribution in [0.3, 0.4) is 0 Å². The minimum Gasteiger partial charge on any atom is -0.287 e. The summed E-state index contributed by atoms with van der Waals surface area (Å²) in [6.45, 7) is 12.5. The van der Waals surface area contributed by atoms with E-state index in [1.54, 1.807) is 0 Å². The highest BCUT2D eigenvalue weighted by Crippen LogP contribution is 2.27. The van der Waals surface area contributed by atoms with Crippen molar-refractivity contribution in [2.75, 3.05) is 0 Å². The normalized spacial score (nSPS) is 14.8. The van der Waals surface area contributed by atoms with Crippen molar-refractivity contribution in [1.82, 2.24) is 0 Å². The summed E-state index contributed by atoms with van der Waals surface area (Å²) in [5.41, 5.74) is 1.04. The van der Waals surface area contributed by atoms with E-state index in [1.165, 1.54) is 0 Å². The maximum Gasteiger partial charge on any atom is 0.0814 e. The Balaban J connectivity index is 4.75. The smallest absolute Gasteiger partial charge is 0.0814 e. The quantitative estimate of drug-likeness (QED) is 0.485. The minimum absolute atomic E-state index is 0.0193. The Bertz CT molecular complexity index is 185. The first-order chi connectivity index (χ1) is 5.75. The molecule has 0 atom stereocenters. The molecule has 0 amide bonds. The maximum atomic E-state index is 6.43. The summed E-state index contributed by atoms with van der Waals surface area (Å²) in [6.07, 6.45) is 1.88. The van der Waals surface area contributed by atoms with Crippen molar-refractivity contribution in [3.8, 4) is 0 Å². The molecule has 13 heavy (non-hydrogen) atoms. The lowest BCUT2D eigenvalue weighted by atomic mass is 9.96. The van der Waals surface area contributed by atoms with E-state index >= 15 is 0 Å². The van der Waals surface area contributed by atoms with Gasteiger partial charge in [0.1, 0.15) is 0 Å². The Labute approximate surface area is 87.6 Å². The van der Waals surface area contributed by atoms with Gasteiger partial charge in [0, 0.05) is 5.71 Å². The lowest BCUT2D eigenvalue weighted by Crippen LogP contribution is -2.31. The molecule has 0 aromatic carbocycles. The third-order valence-electron chi connectivity index (χ3n) is 2.27. The third kappa shape index (κ3) is 4.12. The number of rotatable bonds is 3. The molecule has 78 valence electrons. The lowest BCUT2D eigenvalue weighted by molar-refractivity contribution is 0.569. The zero-order valence-corrected chi connectivity index (χ0v) is 10.5. The number of nitrogens with zero attached hydrogens (tertiary/aromatic N) is 1. The molecule has 0 rings (SSSR count). The van der Waals surface area contributed by atoms with Crippen LogP contribution in [-0.2, 0) is 0 Å². The Morgan fingerprint density at radius 2 is 1.54 bits per heavy atom. The van der Waals surface area contributed by atoms with Crippen LogP contribution in [0.5, 0.6) is 0 Å². The molecule has 0 radical (unpaired) electrons. The largest absolute Gasteiger partial charge is 0.287 e. The van der Waals surface area contributed by atoms with Gasteiger partial charge in [-0.1, -0.05) is 13.8 Å². The predicted molar refractivity (Wildman–Crippen MR) is 62.0 cm³/mol. The van der Waals surface area contributed by atoms with E-state index in [1.807, 2.05) is 6.92 Å². The number of halogens is 1. The van der Waals surface area contributed by atoms with E-state index in [4.69, 9.17) is 11.6 Å². The summed E-state index contributed by atoms with van der Waals surface area (Å²) < 4.78 is 0. The Kier molecular flexibility index (Phi) is 4.44. The molecule has 0 heterocycles. The topological polar surface area (TPSA) is 12.4 Å².